The Bertz CT molecular complexity index is 565. The molecule has 2 saturated heterocycles. The summed E-state index contributed by atoms with van der Waals surface area (Å²) in [5.74, 6) is -1.18. The Hall–Kier alpha value is -2.08. The van der Waals surface area contributed by atoms with Crippen LogP contribution in [0.1, 0.15) is 31.2 Å². The fourth-order valence-electron chi connectivity index (χ4n) is 3.52. The molecule has 3 aliphatic rings. The van der Waals surface area contributed by atoms with Crippen LogP contribution in [0, 0.1) is 0 Å². The Morgan fingerprint density at radius 2 is 1.86 bits per heavy atom. The number of piperidine rings is 2. The molecule has 2 aliphatic heterocycles. The second kappa shape index (κ2) is 5.61. The van der Waals surface area contributed by atoms with Gasteiger partial charge < -0.3 is 14.9 Å². The molecule has 22 heavy (non-hydrogen) atoms. The van der Waals surface area contributed by atoms with E-state index in [4.69, 9.17) is 4.74 Å². The number of carboxylic acid groups (broad SMARTS) is 1. The van der Waals surface area contributed by atoms with Crippen molar-refractivity contribution in [2.24, 2.45) is 0 Å². The van der Waals surface area contributed by atoms with Crippen LogP contribution in [0.15, 0.2) is 30.3 Å². The molecule has 1 saturated carbocycles. The van der Waals surface area contributed by atoms with Crippen LogP contribution in [0.3, 0.4) is 0 Å². The standard InChI is InChI=1S/C16H19NO5/c18-14(19)13-16(21)8-6-12(7-9-16)17(13)15(20)22-10-11-4-2-1-3-5-11/h1-5,12-13,21H,6-10H2,(H,18,19). The number of fused-ring (bicyclic) bond motifs is 3. The second-order valence-electron chi connectivity index (χ2n) is 6.02. The van der Waals surface area contributed by atoms with Gasteiger partial charge in [-0.05, 0) is 31.2 Å². The molecule has 1 aromatic carbocycles. The van der Waals surface area contributed by atoms with Gasteiger partial charge >= 0.3 is 12.1 Å². The molecule has 2 N–H and O–H groups in total. The van der Waals surface area contributed by atoms with Crippen LogP contribution in [-0.4, -0.2) is 44.9 Å². The quantitative estimate of drug-likeness (QED) is 0.888. The van der Waals surface area contributed by atoms with Crippen LogP contribution in [0.5, 0.6) is 0 Å². The van der Waals surface area contributed by atoms with E-state index in [-0.39, 0.29) is 12.6 Å². The Labute approximate surface area is 128 Å². The lowest BCUT2D eigenvalue weighted by Gasteiger charge is -2.53. The van der Waals surface area contributed by atoms with E-state index in [9.17, 15) is 19.8 Å². The highest BCUT2D eigenvalue weighted by Crippen LogP contribution is 2.43. The van der Waals surface area contributed by atoms with E-state index in [1.807, 2.05) is 30.3 Å². The van der Waals surface area contributed by atoms with Crippen LogP contribution < -0.4 is 0 Å². The zero-order valence-corrected chi connectivity index (χ0v) is 12.1. The minimum atomic E-state index is -1.34. The Morgan fingerprint density at radius 1 is 1.23 bits per heavy atom. The molecular weight excluding hydrogens is 286 g/mol. The molecular formula is C16H19NO5. The summed E-state index contributed by atoms with van der Waals surface area (Å²) in [5, 5.41) is 19.9. The molecule has 1 unspecified atom stereocenters. The molecule has 0 spiro atoms. The third-order valence-corrected chi connectivity index (χ3v) is 4.65. The van der Waals surface area contributed by atoms with Crippen molar-refractivity contribution in [2.75, 3.05) is 0 Å². The van der Waals surface area contributed by atoms with Crippen LogP contribution in [0.4, 0.5) is 4.79 Å². The number of carbonyl (C=O) groups is 2. The first kappa shape index (κ1) is 14.8. The summed E-state index contributed by atoms with van der Waals surface area (Å²) in [6.07, 6.45) is 1.38. The van der Waals surface area contributed by atoms with Gasteiger partial charge in [-0.2, -0.15) is 0 Å². The van der Waals surface area contributed by atoms with Gasteiger partial charge in [0, 0.05) is 6.04 Å². The SMILES string of the molecule is O=C(O)C1N(C(=O)OCc2ccccc2)C2CCC1(O)CC2. The zero-order chi connectivity index (χ0) is 15.7. The van der Waals surface area contributed by atoms with Gasteiger partial charge in [0.05, 0.1) is 5.60 Å². The number of aliphatic hydroxyl groups is 1. The minimum absolute atomic E-state index is 0.0909. The Morgan fingerprint density at radius 3 is 2.45 bits per heavy atom. The molecule has 1 aliphatic carbocycles. The maximum absolute atomic E-state index is 12.3. The molecule has 118 valence electrons. The number of benzene rings is 1. The summed E-state index contributed by atoms with van der Waals surface area (Å²) in [4.78, 5) is 25.1. The van der Waals surface area contributed by atoms with Crippen molar-refractivity contribution in [1.82, 2.24) is 4.90 Å². The van der Waals surface area contributed by atoms with E-state index >= 15 is 0 Å². The number of carbonyl (C=O) groups excluding carboxylic acids is 1. The van der Waals surface area contributed by atoms with E-state index in [2.05, 4.69) is 0 Å². The summed E-state index contributed by atoms with van der Waals surface area (Å²) in [7, 11) is 0. The van der Waals surface area contributed by atoms with Crippen molar-refractivity contribution in [3.63, 3.8) is 0 Å². The monoisotopic (exact) mass is 305 g/mol. The van der Waals surface area contributed by atoms with Crippen molar-refractivity contribution in [2.45, 2.75) is 50.0 Å². The lowest BCUT2D eigenvalue weighted by Crippen LogP contribution is -2.68. The largest absolute Gasteiger partial charge is 0.480 e. The number of rotatable bonds is 3. The summed E-state index contributed by atoms with van der Waals surface area (Å²) >= 11 is 0. The zero-order valence-electron chi connectivity index (χ0n) is 12.1. The molecule has 1 aromatic rings. The summed E-state index contributed by atoms with van der Waals surface area (Å²) in [6, 6.07) is 7.83. The predicted octanol–water partition coefficient (Wildman–Crippen LogP) is 1.77. The van der Waals surface area contributed by atoms with Crippen LogP contribution in [0.25, 0.3) is 0 Å². The third kappa shape index (κ3) is 2.54. The number of nitrogens with zero attached hydrogens (tertiary/aromatic N) is 1. The second-order valence-corrected chi connectivity index (χ2v) is 6.02. The van der Waals surface area contributed by atoms with Gasteiger partial charge in [-0.15, -0.1) is 0 Å². The van der Waals surface area contributed by atoms with Crippen molar-refractivity contribution in [3.05, 3.63) is 35.9 Å². The van der Waals surface area contributed by atoms with Crippen molar-refractivity contribution in [1.29, 1.82) is 0 Å². The first-order valence-electron chi connectivity index (χ1n) is 7.45. The van der Waals surface area contributed by atoms with Crippen molar-refractivity contribution in [3.8, 4) is 0 Å². The normalized spacial score (nSPS) is 30.1. The van der Waals surface area contributed by atoms with Crippen LogP contribution >= 0.6 is 0 Å². The fraction of sp³-hybridized carbons (Fsp3) is 0.500. The molecule has 6 nitrogen and oxygen atoms in total. The number of ether oxygens (including phenoxy) is 1. The highest BCUT2D eigenvalue weighted by Gasteiger charge is 2.56. The Kier molecular flexibility index (Phi) is 3.78. The van der Waals surface area contributed by atoms with E-state index in [1.165, 1.54) is 4.90 Å². The molecule has 0 aromatic heterocycles. The van der Waals surface area contributed by atoms with Gasteiger partial charge in [0.1, 0.15) is 6.61 Å². The number of hydrogen-bond acceptors (Lipinski definition) is 4. The molecule has 1 atom stereocenters. The predicted molar refractivity (Wildman–Crippen MR) is 77.1 cm³/mol. The number of amides is 1. The molecule has 2 bridgehead atoms. The van der Waals surface area contributed by atoms with Crippen LogP contribution in [-0.2, 0) is 16.1 Å². The minimum Gasteiger partial charge on any atom is -0.480 e. The molecule has 1 amide bonds. The number of aliphatic carboxylic acids is 1. The summed E-state index contributed by atoms with van der Waals surface area (Å²) in [6.45, 7) is 0.0909. The van der Waals surface area contributed by atoms with Crippen LogP contribution in [0.2, 0.25) is 0 Å². The molecule has 0 radical (unpaired) electrons. The van der Waals surface area contributed by atoms with Gasteiger partial charge in [0.2, 0.25) is 0 Å². The Balaban J connectivity index is 1.74. The fourth-order valence-corrected chi connectivity index (χ4v) is 3.52. The van der Waals surface area contributed by atoms with Gasteiger partial charge in [-0.3, -0.25) is 4.90 Å². The van der Waals surface area contributed by atoms with Gasteiger partial charge in [0.15, 0.2) is 6.04 Å². The van der Waals surface area contributed by atoms with E-state index < -0.39 is 23.7 Å². The molecule has 4 rings (SSSR count). The average Bonchev–Trinajstić information content (AvgIpc) is 2.52. The topological polar surface area (TPSA) is 87.1 Å². The molecule has 3 fully saturated rings. The molecule has 2 heterocycles. The third-order valence-electron chi connectivity index (χ3n) is 4.65. The lowest BCUT2D eigenvalue weighted by molar-refractivity contribution is -0.175. The maximum Gasteiger partial charge on any atom is 0.411 e. The first-order chi connectivity index (χ1) is 10.5. The summed E-state index contributed by atoms with van der Waals surface area (Å²) < 4.78 is 5.26. The van der Waals surface area contributed by atoms with Crippen molar-refractivity contribution >= 4 is 12.1 Å². The number of hydrogen-bond donors (Lipinski definition) is 2. The van der Waals surface area contributed by atoms with Gasteiger partial charge in [-0.25, -0.2) is 9.59 Å². The van der Waals surface area contributed by atoms with Gasteiger partial charge in [-0.1, -0.05) is 30.3 Å². The van der Waals surface area contributed by atoms with E-state index in [0.717, 1.165) is 5.56 Å². The van der Waals surface area contributed by atoms with Gasteiger partial charge in [0.25, 0.3) is 0 Å². The highest BCUT2D eigenvalue weighted by atomic mass is 16.6. The van der Waals surface area contributed by atoms with Crippen molar-refractivity contribution < 1.29 is 24.5 Å². The van der Waals surface area contributed by atoms with E-state index in [0.29, 0.717) is 25.7 Å². The summed E-state index contributed by atoms with van der Waals surface area (Å²) in [5.41, 5.74) is -0.504. The first-order valence-corrected chi connectivity index (χ1v) is 7.45. The lowest BCUT2D eigenvalue weighted by atomic mass is 9.71. The molecule has 6 heteroatoms. The average molecular weight is 305 g/mol. The highest BCUT2D eigenvalue weighted by molar-refractivity contribution is 5.82. The maximum atomic E-state index is 12.3. The smallest absolute Gasteiger partial charge is 0.411 e. The number of carboxylic acids is 1. The van der Waals surface area contributed by atoms with E-state index in [1.54, 1.807) is 0 Å².